The van der Waals surface area contributed by atoms with Crippen molar-refractivity contribution in [2.24, 2.45) is 4.99 Å². The van der Waals surface area contributed by atoms with Crippen molar-refractivity contribution in [1.82, 2.24) is 5.32 Å². The molecule has 0 saturated heterocycles. The van der Waals surface area contributed by atoms with E-state index in [2.05, 4.69) is 10.3 Å². The number of hydrogen-bond donors (Lipinski definition) is 1. The van der Waals surface area contributed by atoms with Crippen LogP contribution in [0.4, 0.5) is 15.8 Å². The first-order valence-electron chi connectivity index (χ1n) is 10.2. The molecule has 5 nitrogen and oxygen atoms in total. The van der Waals surface area contributed by atoms with Crippen LogP contribution < -0.4 is 10.2 Å². The van der Waals surface area contributed by atoms with Crippen molar-refractivity contribution in [1.29, 1.82) is 0 Å². The van der Waals surface area contributed by atoms with Crippen LogP contribution in [0.15, 0.2) is 77.8 Å². The molecule has 0 atom stereocenters. The number of fused-ring (bicyclic) bond motifs is 1. The summed E-state index contributed by atoms with van der Waals surface area (Å²) in [5.74, 6) is -0.857. The Kier molecular flexibility index (Phi) is 6.61. The number of rotatable bonds is 6. The molecule has 1 heterocycles. The van der Waals surface area contributed by atoms with Crippen LogP contribution in [0.3, 0.4) is 0 Å². The molecule has 0 fully saturated rings. The smallest absolute Gasteiger partial charge is 0.240 e. The predicted octanol–water partition coefficient (Wildman–Crippen LogP) is 4.70. The van der Waals surface area contributed by atoms with Gasteiger partial charge >= 0.3 is 0 Å². The SMILES string of the molecule is O=C(CN1C(=O)CC(c2ccc(F)cc2)=Nc2ccccc21)NCCc1ccc(Cl)cc1. The molecule has 0 radical (unpaired) electrons. The Balaban J connectivity index is 1.46. The molecule has 1 aliphatic heterocycles. The summed E-state index contributed by atoms with van der Waals surface area (Å²) in [4.78, 5) is 31.8. The van der Waals surface area contributed by atoms with Crippen LogP contribution in [0.2, 0.25) is 5.02 Å². The molecule has 4 rings (SSSR count). The highest BCUT2D eigenvalue weighted by Gasteiger charge is 2.26. The average molecular weight is 450 g/mol. The van der Waals surface area contributed by atoms with E-state index in [9.17, 15) is 14.0 Å². The first kappa shape index (κ1) is 21.7. The van der Waals surface area contributed by atoms with Gasteiger partial charge in [-0.05, 0) is 53.9 Å². The van der Waals surface area contributed by atoms with Crippen molar-refractivity contribution < 1.29 is 14.0 Å². The average Bonchev–Trinajstić information content (AvgIpc) is 2.92. The zero-order valence-corrected chi connectivity index (χ0v) is 18.0. The van der Waals surface area contributed by atoms with Gasteiger partial charge in [0, 0.05) is 11.6 Å². The number of nitrogens with zero attached hydrogens (tertiary/aromatic N) is 2. The number of carbonyl (C=O) groups is 2. The standard InChI is InChI=1S/C25H21ClFN3O2/c26-19-9-5-17(6-10-19)13-14-28-24(31)16-30-23-4-2-1-3-21(23)29-22(15-25(30)32)18-7-11-20(27)12-8-18/h1-12H,13-16H2,(H,28,31). The summed E-state index contributed by atoms with van der Waals surface area (Å²) >= 11 is 5.90. The fourth-order valence-electron chi connectivity index (χ4n) is 3.52. The van der Waals surface area contributed by atoms with Gasteiger partial charge in [-0.2, -0.15) is 0 Å². The van der Waals surface area contributed by atoms with Gasteiger partial charge in [-0.1, -0.05) is 48.0 Å². The van der Waals surface area contributed by atoms with Gasteiger partial charge < -0.3 is 10.2 Å². The van der Waals surface area contributed by atoms with Crippen LogP contribution in [0.25, 0.3) is 0 Å². The topological polar surface area (TPSA) is 61.8 Å². The minimum atomic E-state index is -0.355. The number of para-hydroxylation sites is 2. The van der Waals surface area contributed by atoms with E-state index in [-0.39, 0.29) is 30.6 Å². The van der Waals surface area contributed by atoms with E-state index in [1.165, 1.54) is 17.0 Å². The minimum absolute atomic E-state index is 0.0123. The second-order valence-corrected chi connectivity index (χ2v) is 7.87. The minimum Gasteiger partial charge on any atom is -0.354 e. The van der Waals surface area contributed by atoms with E-state index in [0.29, 0.717) is 40.6 Å². The molecule has 0 saturated carbocycles. The Morgan fingerprint density at radius 3 is 2.50 bits per heavy atom. The van der Waals surface area contributed by atoms with Crippen molar-refractivity contribution in [3.05, 3.63) is 94.8 Å². The Hall–Kier alpha value is -3.51. The summed E-state index contributed by atoms with van der Waals surface area (Å²) in [6.07, 6.45) is 0.670. The molecule has 0 aromatic heterocycles. The van der Waals surface area contributed by atoms with Gasteiger partial charge in [0.1, 0.15) is 12.4 Å². The van der Waals surface area contributed by atoms with Crippen molar-refractivity contribution in [3.63, 3.8) is 0 Å². The molecular formula is C25H21ClFN3O2. The summed E-state index contributed by atoms with van der Waals surface area (Å²) in [6.45, 7) is 0.337. The molecule has 7 heteroatoms. The molecular weight excluding hydrogens is 429 g/mol. The highest BCUT2D eigenvalue weighted by molar-refractivity contribution is 6.30. The van der Waals surface area contributed by atoms with E-state index in [0.717, 1.165) is 5.56 Å². The third kappa shape index (κ3) is 5.21. The zero-order chi connectivity index (χ0) is 22.5. The number of carbonyl (C=O) groups excluding carboxylic acids is 2. The van der Waals surface area contributed by atoms with E-state index < -0.39 is 0 Å². The first-order valence-corrected chi connectivity index (χ1v) is 10.6. The molecule has 0 unspecified atom stereocenters. The quantitative estimate of drug-likeness (QED) is 0.593. The van der Waals surface area contributed by atoms with Gasteiger partial charge in [0.2, 0.25) is 11.8 Å². The fraction of sp³-hybridized carbons (Fsp3) is 0.160. The van der Waals surface area contributed by atoms with Crippen molar-refractivity contribution in [2.45, 2.75) is 12.8 Å². The van der Waals surface area contributed by atoms with Gasteiger partial charge in [-0.15, -0.1) is 0 Å². The summed E-state index contributed by atoms with van der Waals surface area (Å²) in [6, 6.07) is 20.5. The first-order chi connectivity index (χ1) is 15.5. The molecule has 32 heavy (non-hydrogen) atoms. The van der Waals surface area contributed by atoms with Crippen LogP contribution in [0.1, 0.15) is 17.5 Å². The molecule has 1 N–H and O–H groups in total. The molecule has 0 aliphatic carbocycles. The maximum atomic E-state index is 13.3. The molecule has 0 spiro atoms. The normalized spacial score (nSPS) is 13.2. The highest BCUT2D eigenvalue weighted by atomic mass is 35.5. The maximum absolute atomic E-state index is 13.3. The van der Waals surface area contributed by atoms with E-state index in [1.807, 2.05) is 30.3 Å². The second-order valence-electron chi connectivity index (χ2n) is 7.44. The summed E-state index contributed by atoms with van der Waals surface area (Å²) in [5, 5.41) is 3.53. The Bertz CT molecular complexity index is 1160. The second kappa shape index (κ2) is 9.75. The number of anilines is 1. The molecule has 1 aliphatic rings. The molecule has 2 amide bonds. The van der Waals surface area contributed by atoms with Gasteiger partial charge in [-0.25, -0.2) is 4.39 Å². The third-order valence-electron chi connectivity index (χ3n) is 5.18. The lowest BCUT2D eigenvalue weighted by Crippen LogP contribution is -2.41. The molecule has 3 aromatic rings. The lowest BCUT2D eigenvalue weighted by molar-refractivity contribution is -0.123. The molecule has 0 bridgehead atoms. The van der Waals surface area contributed by atoms with E-state index >= 15 is 0 Å². The largest absolute Gasteiger partial charge is 0.354 e. The number of halogens is 2. The number of benzene rings is 3. The zero-order valence-electron chi connectivity index (χ0n) is 17.2. The van der Waals surface area contributed by atoms with E-state index in [4.69, 9.17) is 11.6 Å². The number of hydrogen-bond acceptors (Lipinski definition) is 3. The maximum Gasteiger partial charge on any atom is 0.240 e. The number of aliphatic imine (C=N–C) groups is 1. The van der Waals surface area contributed by atoms with Crippen LogP contribution in [0.5, 0.6) is 0 Å². The Morgan fingerprint density at radius 1 is 1.03 bits per heavy atom. The molecule has 3 aromatic carbocycles. The lowest BCUT2D eigenvalue weighted by atomic mass is 10.1. The predicted molar refractivity (Wildman–Crippen MR) is 124 cm³/mol. The van der Waals surface area contributed by atoms with Gasteiger partial charge in [0.05, 0.1) is 23.5 Å². The Morgan fingerprint density at radius 2 is 1.75 bits per heavy atom. The van der Waals surface area contributed by atoms with Crippen molar-refractivity contribution in [2.75, 3.05) is 18.0 Å². The highest BCUT2D eigenvalue weighted by Crippen LogP contribution is 2.32. The van der Waals surface area contributed by atoms with Crippen molar-refractivity contribution >= 4 is 40.5 Å². The molecule has 162 valence electrons. The van der Waals surface area contributed by atoms with Crippen LogP contribution in [0, 0.1) is 5.82 Å². The van der Waals surface area contributed by atoms with Gasteiger partial charge in [0.25, 0.3) is 0 Å². The number of amides is 2. The summed E-state index contributed by atoms with van der Waals surface area (Å²) < 4.78 is 13.3. The monoisotopic (exact) mass is 449 g/mol. The summed E-state index contributed by atoms with van der Waals surface area (Å²) in [7, 11) is 0. The van der Waals surface area contributed by atoms with Crippen LogP contribution in [-0.2, 0) is 16.0 Å². The number of nitrogens with one attached hydrogen (secondary N) is 1. The summed E-state index contributed by atoms with van der Waals surface area (Å²) in [5.41, 5.74) is 3.43. The lowest BCUT2D eigenvalue weighted by Gasteiger charge is -2.22. The van der Waals surface area contributed by atoms with Gasteiger partial charge in [0.15, 0.2) is 0 Å². The van der Waals surface area contributed by atoms with Gasteiger partial charge in [-0.3, -0.25) is 14.6 Å². The van der Waals surface area contributed by atoms with Crippen LogP contribution >= 0.6 is 11.6 Å². The fourth-order valence-corrected chi connectivity index (χ4v) is 3.65. The van der Waals surface area contributed by atoms with Crippen molar-refractivity contribution in [3.8, 4) is 0 Å². The van der Waals surface area contributed by atoms with E-state index in [1.54, 1.807) is 30.3 Å². The third-order valence-corrected chi connectivity index (χ3v) is 5.43. The van der Waals surface area contributed by atoms with Crippen LogP contribution in [-0.4, -0.2) is 30.6 Å². The Labute approximate surface area is 190 Å².